The second kappa shape index (κ2) is 7.88. The predicted octanol–water partition coefficient (Wildman–Crippen LogP) is 3.25. The minimum Gasteiger partial charge on any atom is -0.373 e. The monoisotopic (exact) mass is 283 g/mol. The van der Waals surface area contributed by atoms with Crippen molar-refractivity contribution in [2.45, 2.75) is 19.4 Å². The van der Waals surface area contributed by atoms with Gasteiger partial charge in [-0.3, -0.25) is 0 Å². The largest absolute Gasteiger partial charge is 0.373 e. The summed E-state index contributed by atoms with van der Waals surface area (Å²) in [6.45, 7) is 5.01. The quantitative estimate of drug-likeness (QED) is 0.776. The van der Waals surface area contributed by atoms with Crippen molar-refractivity contribution in [1.29, 1.82) is 0 Å². The summed E-state index contributed by atoms with van der Waals surface area (Å²) >= 11 is 1.95. The first kappa shape index (κ1) is 14.8. The molecule has 1 aliphatic heterocycles. The van der Waals surface area contributed by atoms with Crippen molar-refractivity contribution in [2.75, 3.05) is 31.2 Å². The normalized spacial score (nSPS) is 22.8. The molecule has 2 rings (SSSR count). The Morgan fingerprint density at radius 1 is 1.37 bits per heavy atom. The summed E-state index contributed by atoms with van der Waals surface area (Å²) in [5.41, 5.74) is 1.09. The van der Waals surface area contributed by atoms with Crippen LogP contribution >= 0.6 is 11.8 Å². The molecule has 0 radical (unpaired) electrons. The van der Waals surface area contributed by atoms with E-state index in [-0.39, 0.29) is 11.9 Å². The molecule has 0 bridgehead atoms. The lowest BCUT2D eigenvalue weighted by Crippen LogP contribution is -2.26. The summed E-state index contributed by atoms with van der Waals surface area (Å²) in [7, 11) is 0. The second-order valence-electron chi connectivity index (χ2n) is 4.79. The summed E-state index contributed by atoms with van der Waals surface area (Å²) in [5, 5.41) is 3.50. The van der Waals surface area contributed by atoms with E-state index in [1.807, 2.05) is 23.9 Å². The van der Waals surface area contributed by atoms with E-state index in [2.05, 4.69) is 12.2 Å². The highest BCUT2D eigenvalue weighted by molar-refractivity contribution is 7.99. The van der Waals surface area contributed by atoms with Gasteiger partial charge in [0.25, 0.3) is 0 Å². The molecule has 19 heavy (non-hydrogen) atoms. The summed E-state index contributed by atoms with van der Waals surface area (Å²) < 4.78 is 18.7. The van der Waals surface area contributed by atoms with Crippen LogP contribution in [-0.4, -0.2) is 31.2 Å². The number of hydrogen-bond acceptors (Lipinski definition) is 3. The highest BCUT2D eigenvalue weighted by atomic mass is 32.2. The molecule has 4 heteroatoms. The molecular formula is C15H22FNOS. The Hall–Kier alpha value is -0.580. The van der Waals surface area contributed by atoms with E-state index in [1.165, 1.54) is 17.9 Å². The first-order valence-corrected chi connectivity index (χ1v) is 8.12. The van der Waals surface area contributed by atoms with E-state index in [4.69, 9.17) is 4.74 Å². The third-order valence-electron chi connectivity index (χ3n) is 3.45. The molecule has 1 aliphatic rings. The van der Waals surface area contributed by atoms with Crippen molar-refractivity contribution in [3.8, 4) is 0 Å². The summed E-state index contributed by atoms with van der Waals surface area (Å²) in [4.78, 5) is 0. The second-order valence-corrected chi connectivity index (χ2v) is 6.19. The Morgan fingerprint density at radius 2 is 2.16 bits per heavy atom. The number of benzene rings is 1. The van der Waals surface area contributed by atoms with E-state index in [0.29, 0.717) is 5.92 Å². The third-order valence-corrected chi connectivity index (χ3v) is 4.35. The van der Waals surface area contributed by atoms with Crippen LogP contribution < -0.4 is 5.32 Å². The fourth-order valence-corrected chi connectivity index (χ4v) is 3.02. The van der Waals surface area contributed by atoms with Gasteiger partial charge in [-0.1, -0.05) is 19.1 Å². The molecule has 106 valence electrons. The van der Waals surface area contributed by atoms with E-state index in [9.17, 15) is 4.39 Å². The predicted molar refractivity (Wildman–Crippen MR) is 79.1 cm³/mol. The zero-order chi connectivity index (χ0) is 13.5. The number of halogens is 1. The lowest BCUT2D eigenvalue weighted by Gasteiger charge is -2.19. The molecule has 0 unspecified atom stereocenters. The highest BCUT2D eigenvalue weighted by Gasteiger charge is 2.29. The number of nitrogens with one attached hydrogen (secondary N) is 1. The van der Waals surface area contributed by atoms with E-state index in [1.54, 1.807) is 0 Å². The lowest BCUT2D eigenvalue weighted by molar-refractivity contribution is 0.0906. The van der Waals surface area contributed by atoms with Gasteiger partial charge in [0.2, 0.25) is 0 Å². The van der Waals surface area contributed by atoms with Crippen LogP contribution in [0.5, 0.6) is 0 Å². The van der Waals surface area contributed by atoms with Crippen LogP contribution in [0.15, 0.2) is 24.3 Å². The molecule has 2 atom stereocenters. The Bertz CT molecular complexity index is 371. The van der Waals surface area contributed by atoms with Gasteiger partial charge in [0.15, 0.2) is 0 Å². The van der Waals surface area contributed by atoms with Gasteiger partial charge in [-0.05, 0) is 29.9 Å². The van der Waals surface area contributed by atoms with Gasteiger partial charge in [-0.25, -0.2) is 4.39 Å². The number of thioether (sulfide) groups is 1. The molecule has 0 amide bonds. The minimum atomic E-state index is -0.187. The molecule has 1 fully saturated rings. The maximum Gasteiger partial charge on any atom is 0.123 e. The Kier molecular flexibility index (Phi) is 6.14. The number of hydrogen-bond donors (Lipinski definition) is 1. The molecule has 0 spiro atoms. The molecule has 1 aromatic rings. The average Bonchev–Trinajstić information content (AvgIpc) is 2.88. The summed E-state index contributed by atoms with van der Waals surface area (Å²) in [5.74, 6) is 2.64. The van der Waals surface area contributed by atoms with Crippen LogP contribution in [0.2, 0.25) is 0 Å². The van der Waals surface area contributed by atoms with Gasteiger partial charge in [0.1, 0.15) is 5.82 Å². The topological polar surface area (TPSA) is 21.3 Å². The van der Waals surface area contributed by atoms with Crippen molar-refractivity contribution >= 4 is 11.8 Å². The first-order chi connectivity index (χ1) is 9.31. The van der Waals surface area contributed by atoms with Crippen LogP contribution in [0.4, 0.5) is 4.39 Å². The van der Waals surface area contributed by atoms with Crippen LogP contribution in [0.1, 0.15) is 25.0 Å². The van der Waals surface area contributed by atoms with Crippen molar-refractivity contribution in [3.05, 3.63) is 35.6 Å². The van der Waals surface area contributed by atoms with Gasteiger partial charge in [0, 0.05) is 31.4 Å². The summed E-state index contributed by atoms with van der Waals surface area (Å²) in [6, 6.07) is 6.70. The molecule has 2 nitrogen and oxygen atoms in total. The fourth-order valence-electron chi connectivity index (χ4n) is 2.44. The Balaban J connectivity index is 1.81. The fraction of sp³-hybridized carbons (Fsp3) is 0.600. The first-order valence-electron chi connectivity index (χ1n) is 6.96. The van der Waals surface area contributed by atoms with E-state index < -0.39 is 0 Å². The van der Waals surface area contributed by atoms with Gasteiger partial charge < -0.3 is 10.1 Å². The zero-order valence-corrected chi connectivity index (χ0v) is 12.2. The molecule has 0 aliphatic carbocycles. The molecule has 0 saturated carbocycles. The summed E-state index contributed by atoms with van der Waals surface area (Å²) in [6.07, 6.45) is 1.20. The maximum atomic E-state index is 12.9. The van der Waals surface area contributed by atoms with Gasteiger partial charge in [0.05, 0.1) is 6.10 Å². The van der Waals surface area contributed by atoms with Crippen molar-refractivity contribution in [1.82, 2.24) is 5.32 Å². The Labute approximate surface area is 119 Å². The molecule has 0 aromatic heterocycles. The van der Waals surface area contributed by atoms with Gasteiger partial charge in [-0.2, -0.15) is 11.8 Å². The Morgan fingerprint density at radius 3 is 2.89 bits per heavy atom. The lowest BCUT2D eigenvalue weighted by atomic mass is 9.95. The van der Waals surface area contributed by atoms with Crippen molar-refractivity contribution in [2.24, 2.45) is 5.92 Å². The van der Waals surface area contributed by atoms with Crippen molar-refractivity contribution in [3.63, 3.8) is 0 Å². The van der Waals surface area contributed by atoms with Crippen LogP contribution in [0.25, 0.3) is 0 Å². The SMILES string of the molecule is CCSCCNC[C@@H]1CCO[C@H]1c1ccc(F)cc1. The highest BCUT2D eigenvalue weighted by Crippen LogP contribution is 2.34. The van der Waals surface area contributed by atoms with Crippen molar-refractivity contribution < 1.29 is 9.13 Å². The number of ether oxygens (including phenoxy) is 1. The molecule has 1 heterocycles. The molecule has 1 saturated heterocycles. The number of rotatable bonds is 7. The van der Waals surface area contributed by atoms with E-state index >= 15 is 0 Å². The van der Waals surface area contributed by atoms with Crippen LogP contribution in [-0.2, 0) is 4.74 Å². The molecular weight excluding hydrogens is 261 g/mol. The van der Waals surface area contributed by atoms with Gasteiger partial charge in [-0.15, -0.1) is 0 Å². The smallest absolute Gasteiger partial charge is 0.123 e. The standard InChI is InChI=1S/C15H22FNOS/c1-2-19-10-8-17-11-13-7-9-18-15(13)12-3-5-14(16)6-4-12/h3-6,13,15,17H,2,7-11H2,1H3/t13-,15-/m0/s1. The van der Waals surface area contributed by atoms with Crippen LogP contribution in [0.3, 0.4) is 0 Å². The minimum absolute atomic E-state index is 0.118. The van der Waals surface area contributed by atoms with Crippen LogP contribution in [0, 0.1) is 11.7 Å². The molecule has 1 N–H and O–H groups in total. The van der Waals surface area contributed by atoms with E-state index in [0.717, 1.165) is 37.4 Å². The third kappa shape index (κ3) is 4.48. The average molecular weight is 283 g/mol. The van der Waals surface area contributed by atoms with Gasteiger partial charge >= 0.3 is 0 Å². The maximum absolute atomic E-state index is 12.9. The zero-order valence-electron chi connectivity index (χ0n) is 11.4. The molecule has 1 aromatic carbocycles.